The Morgan fingerprint density at radius 3 is 2.67 bits per heavy atom. The van der Waals surface area contributed by atoms with E-state index in [0.29, 0.717) is 30.8 Å². The Balaban J connectivity index is 1.78. The maximum Gasteiger partial charge on any atom is 0.259 e. The third kappa shape index (κ3) is 2.99. The number of benzene rings is 2. The molecule has 3 aromatic rings. The Kier molecular flexibility index (Phi) is 4.44. The Morgan fingerprint density at radius 1 is 1.15 bits per heavy atom. The third-order valence-electron chi connectivity index (χ3n) is 5.28. The minimum atomic E-state index is -0.238. The number of nitrogens with zero attached hydrogens (tertiary/aromatic N) is 2. The van der Waals surface area contributed by atoms with Crippen molar-refractivity contribution < 1.29 is 9.53 Å². The van der Waals surface area contributed by atoms with E-state index in [4.69, 9.17) is 4.74 Å². The number of carbonyl (C=O) groups excluding carboxylic acids is 1. The molecule has 138 valence electrons. The number of aromatic nitrogens is 1. The van der Waals surface area contributed by atoms with Gasteiger partial charge < -0.3 is 14.2 Å². The molecule has 0 saturated heterocycles. The fourth-order valence-corrected chi connectivity index (χ4v) is 3.76. The number of methoxy groups -OCH3 is 1. The monoisotopic (exact) mass is 362 g/mol. The van der Waals surface area contributed by atoms with Crippen LogP contribution < -0.4 is 10.2 Å². The molecule has 0 aliphatic carbocycles. The fraction of sp³-hybridized carbons (Fsp3) is 0.273. The van der Waals surface area contributed by atoms with Crippen molar-refractivity contribution in [1.29, 1.82) is 0 Å². The predicted octanol–water partition coefficient (Wildman–Crippen LogP) is 3.23. The van der Waals surface area contributed by atoms with Crippen LogP contribution in [0.5, 0.6) is 5.75 Å². The van der Waals surface area contributed by atoms with Crippen molar-refractivity contribution in [2.24, 2.45) is 0 Å². The number of rotatable bonds is 3. The molecule has 2 heterocycles. The fourth-order valence-electron chi connectivity index (χ4n) is 3.76. The van der Waals surface area contributed by atoms with E-state index < -0.39 is 0 Å². The van der Waals surface area contributed by atoms with Crippen LogP contribution in [0.3, 0.4) is 0 Å². The molecule has 5 heteroatoms. The van der Waals surface area contributed by atoms with Gasteiger partial charge in [0.1, 0.15) is 11.3 Å². The lowest BCUT2D eigenvalue weighted by atomic mass is 9.99. The van der Waals surface area contributed by atoms with E-state index in [1.54, 1.807) is 24.3 Å². The van der Waals surface area contributed by atoms with Gasteiger partial charge in [0.25, 0.3) is 5.91 Å². The van der Waals surface area contributed by atoms with Gasteiger partial charge >= 0.3 is 0 Å². The third-order valence-corrected chi connectivity index (χ3v) is 5.28. The number of aryl methyl sites for hydroxylation is 1. The summed E-state index contributed by atoms with van der Waals surface area (Å²) in [5.41, 5.74) is 3.21. The molecule has 0 unspecified atom stereocenters. The highest BCUT2D eigenvalue weighted by molar-refractivity contribution is 5.97. The van der Waals surface area contributed by atoms with Crippen molar-refractivity contribution in [2.75, 3.05) is 13.7 Å². The number of hydrogen-bond acceptors (Lipinski definition) is 3. The smallest absolute Gasteiger partial charge is 0.259 e. The molecule has 0 bridgehead atoms. The summed E-state index contributed by atoms with van der Waals surface area (Å²) in [7, 11) is 1.57. The van der Waals surface area contributed by atoms with Crippen molar-refractivity contribution in [3.05, 3.63) is 75.6 Å². The van der Waals surface area contributed by atoms with Crippen LogP contribution in [0.15, 0.2) is 53.5 Å². The zero-order valence-electron chi connectivity index (χ0n) is 15.6. The summed E-state index contributed by atoms with van der Waals surface area (Å²) < 4.78 is 7.21. The van der Waals surface area contributed by atoms with Crippen LogP contribution in [0, 0.1) is 0 Å². The predicted molar refractivity (Wildman–Crippen MR) is 105 cm³/mol. The zero-order chi connectivity index (χ0) is 19.0. The van der Waals surface area contributed by atoms with Crippen molar-refractivity contribution in [3.63, 3.8) is 0 Å². The molecule has 4 rings (SSSR count). The van der Waals surface area contributed by atoms with Crippen molar-refractivity contribution >= 4 is 16.8 Å². The van der Waals surface area contributed by atoms with Gasteiger partial charge in [0, 0.05) is 25.8 Å². The van der Waals surface area contributed by atoms with E-state index >= 15 is 0 Å². The van der Waals surface area contributed by atoms with Gasteiger partial charge in [-0.2, -0.15) is 0 Å². The van der Waals surface area contributed by atoms with Crippen molar-refractivity contribution in [3.8, 4) is 5.75 Å². The minimum absolute atomic E-state index is 0.207. The first-order valence-corrected chi connectivity index (χ1v) is 9.19. The van der Waals surface area contributed by atoms with Gasteiger partial charge in [-0.1, -0.05) is 24.3 Å². The SMILES string of the molecule is CCn1cc(C(=O)N2CCc3ccccc3C2)c(=O)c2cc(OC)ccc21. The Bertz CT molecular complexity index is 1080. The maximum absolute atomic E-state index is 13.2. The van der Waals surface area contributed by atoms with Crippen LogP contribution in [0.4, 0.5) is 0 Å². The van der Waals surface area contributed by atoms with Gasteiger partial charge in [0.15, 0.2) is 0 Å². The molecule has 1 aromatic heterocycles. The molecule has 2 aromatic carbocycles. The van der Waals surface area contributed by atoms with Crippen molar-refractivity contribution in [1.82, 2.24) is 9.47 Å². The molecule has 5 nitrogen and oxygen atoms in total. The normalized spacial score (nSPS) is 13.5. The first kappa shape index (κ1) is 17.3. The van der Waals surface area contributed by atoms with Gasteiger partial charge in [0.05, 0.1) is 18.0 Å². The molecular weight excluding hydrogens is 340 g/mol. The lowest BCUT2D eigenvalue weighted by Gasteiger charge is -2.29. The van der Waals surface area contributed by atoms with Crippen LogP contribution in [0.1, 0.15) is 28.4 Å². The lowest BCUT2D eigenvalue weighted by Crippen LogP contribution is -2.38. The van der Waals surface area contributed by atoms with Gasteiger partial charge in [0.2, 0.25) is 5.43 Å². The number of pyridine rings is 1. The van der Waals surface area contributed by atoms with Crippen molar-refractivity contribution in [2.45, 2.75) is 26.4 Å². The second kappa shape index (κ2) is 6.91. The summed E-state index contributed by atoms with van der Waals surface area (Å²) >= 11 is 0. The second-order valence-electron chi connectivity index (χ2n) is 6.79. The molecule has 0 atom stereocenters. The van der Waals surface area contributed by atoms with Gasteiger partial charge in [-0.15, -0.1) is 0 Å². The highest BCUT2D eigenvalue weighted by atomic mass is 16.5. The number of hydrogen-bond donors (Lipinski definition) is 0. The maximum atomic E-state index is 13.2. The van der Waals surface area contributed by atoms with Crippen LogP contribution in [0.2, 0.25) is 0 Å². The molecular formula is C22H22N2O3. The summed E-state index contributed by atoms with van der Waals surface area (Å²) in [5, 5.41) is 0.513. The van der Waals surface area contributed by atoms with Crippen LogP contribution in [0.25, 0.3) is 10.9 Å². The average Bonchev–Trinajstić information content (AvgIpc) is 2.73. The van der Waals surface area contributed by atoms with E-state index in [0.717, 1.165) is 17.5 Å². The zero-order valence-corrected chi connectivity index (χ0v) is 15.6. The molecule has 1 amide bonds. The quantitative estimate of drug-likeness (QED) is 0.719. The van der Waals surface area contributed by atoms with Crippen LogP contribution in [-0.4, -0.2) is 29.0 Å². The Hall–Kier alpha value is -3.08. The van der Waals surface area contributed by atoms with Crippen LogP contribution in [-0.2, 0) is 19.5 Å². The summed E-state index contributed by atoms with van der Waals surface area (Å²) in [4.78, 5) is 28.0. The molecule has 0 radical (unpaired) electrons. The minimum Gasteiger partial charge on any atom is -0.497 e. The summed E-state index contributed by atoms with van der Waals surface area (Å²) in [6.45, 7) is 3.83. The van der Waals surface area contributed by atoms with Gasteiger partial charge in [-0.3, -0.25) is 9.59 Å². The number of ether oxygens (including phenoxy) is 1. The molecule has 1 aliphatic heterocycles. The largest absolute Gasteiger partial charge is 0.497 e. The standard InChI is InChI=1S/C22H22N2O3/c1-3-23-14-19(21(25)18-12-17(27-2)8-9-20(18)23)22(26)24-11-10-15-6-4-5-7-16(15)13-24/h4-9,12,14H,3,10-11,13H2,1-2H3. The molecule has 0 spiro atoms. The highest BCUT2D eigenvalue weighted by Crippen LogP contribution is 2.22. The lowest BCUT2D eigenvalue weighted by molar-refractivity contribution is 0.0733. The number of amides is 1. The molecule has 0 N–H and O–H groups in total. The number of carbonyl (C=O) groups is 1. The highest BCUT2D eigenvalue weighted by Gasteiger charge is 2.24. The first-order valence-electron chi connectivity index (χ1n) is 9.19. The van der Waals surface area contributed by atoms with E-state index in [-0.39, 0.29) is 16.9 Å². The van der Waals surface area contributed by atoms with Gasteiger partial charge in [-0.05, 0) is 42.7 Å². The van der Waals surface area contributed by atoms with E-state index in [1.165, 1.54) is 5.56 Å². The molecule has 27 heavy (non-hydrogen) atoms. The topological polar surface area (TPSA) is 51.5 Å². The van der Waals surface area contributed by atoms with E-state index in [2.05, 4.69) is 6.07 Å². The second-order valence-corrected chi connectivity index (χ2v) is 6.79. The van der Waals surface area contributed by atoms with E-state index in [1.807, 2.05) is 41.8 Å². The van der Waals surface area contributed by atoms with Crippen LogP contribution >= 0.6 is 0 Å². The average molecular weight is 362 g/mol. The Morgan fingerprint density at radius 2 is 1.93 bits per heavy atom. The number of fused-ring (bicyclic) bond motifs is 2. The summed E-state index contributed by atoms with van der Waals surface area (Å²) in [5.74, 6) is 0.403. The summed E-state index contributed by atoms with van der Waals surface area (Å²) in [6, 6.07) is 13.6. The molecule has 1 aliphatic rings. The molecule has 0 saturated carbocycles. The Labute approximate surface area is 157 Å². The van der Waals surface area contributed by atoms with E-state index in [9.17, 15) is 9.59 Å². The first-order chi connectivity index (χ1) is 13.1. The summed E-state index contributed by atoms with van der Waals surface area (Å²) in [6.07, 6.45) is 2.51. The van der Waals surface area contributed by atoms with Gasteiger partial charge in [-0.25, -0.2) is 0 Å². The molecule has 0 fully saturated rings.